The highest BCUT2D eigenvalue weighted by atomic mass is 32.2. The number of hydrogen-bond donors (Lipinski definition) is 2. The van der Waals surface area contributed by atoms with Crippen molar-refractivity contribution >= 4 is 28.4 Å². The zero-order chi connectivity index (χ0) is 14.8. The van der Waals surface area contributed by atoms with Gasteiger partial charge in [0.2, 0.25) is 0 Å². The van der Waals surface area contributed by atoms with Crippen LogP contribution < -0.4 is 11.4 Å². The molecule has 3 rings (SSSR count). The second kappa shape index (κ2) is 5.49. The van der Waals surface area contributed by atoms with Crippen molar-refractivity contribution in [3.05, 3.63) is 58.6 Å². The summed E-state index contributed by atoms with van der Waals surface area (Å²) in [4.78, 5) is 15.8. The lowest BCUT2D eigenvalue weighted by atomic mass is 10.1. The third-order valence-electron chi connectivity index (χ3n) is 2.95. The molecule has 0 amide bonds. The van der Waals surface area contributed by atoms with E-state index in [0.29, 0.717) is 17.0 Å². The van der Waals surface area contributed by atoms with Crippen molar-refractivity contribution in [2.45, 2.75) is 10.8 Å². The van der Waals surface area contributed by atoms with Crippen LogP contribution in [0.3, 0.4) is 0 Å². The third kappa shape index (κ3) is 3.00. The topological polar surface area (TPSA) is 89.4 Å². The summed E-state index contributed by atoms with van der Waals surface area (Å²) < 4.78 is 5.09. The van der Waals surface area contributed by atoms with E-state index in [2.05, 4.69) is 4.98 Å². The van der Waals surface area contributed by atoms with E-state index in [1.165, 1.54) is 23.9 Å². The van der Waals surface area contributed by atoms with Crippen molar-refractivity contribution in [2.75, 3.05) is 5.73 Å². The SMILES string of the molecule is Nc1ccc(SCc2cc(=O)oc3cc(O)ccc23)nc1. The van der Waals surface area contributed by atoms with Crippen molar-refractivity contribution in [2.24, 2.45) is 0 Å². The normalized spacial score (nSPS) is 10.9. The summed E-state index contributed by atoms with van der Waals surface area (Å²) in [5, 5.41) is 11.1. The number of thioether (sulfide) groups is 1. The fourth-order valence-corrected chi connectivity index (χ4v) is 2.80. The van der Waals surface area contributed by atoms with Gasteiger partial charge >= 0.3 is 5.63 Å². The molecule has 0 atom stereocenters. The molecule has 3 N–H and O–H groups in total. The van der Waals surface area contributed by atoms with Gasteiger partial charge in [-0.3, -0.25) is 0 Å². The van der Waals surface area contributed by atoms with Crippen LogP contribution in [0, 0.1) is 0 Å². The fraction of sp³-hybridized carbons (Fsp3) is 0.0667. The fourth-order valence-electron chi connectivity index (χ4n) is 1.97. The van der Waals surface area contributed by atoms with E-state index in [4.69, 9.17) is 10.2 Å². The number of phenolic OH excluding ortho intramolecular Hbond substituents is 1. The van der Waals surface area contributed by atoms with Crippen molar-refractivity contribution < 1.29 is 9.52 Å². The summed E-state index contributed by atoms with van der Waals surface area (Å²) >= 11 is 1.50. The molecule has 0 saturated heterocycles. The van der Waals surface area contributed by atoms with Gasteiger partial charge in [-0.2, -0.15) is 0 Å². The van der Waals surface area contributed by atoms with Crippen LogP contribution in [0.1, 0.15) is 5.56 Å². The first-order chi connectivity index (χ1) is 10.1. The molecule has 2 aromatic heterocycles. The molecule has 0 bridgehead atoms. The van der Waals surface area contributed by atoms with Crippen molar-refractivity contribution in [3.8, 4) is 5.75 Å². The molecule has 5 nitrogen and oxygen atoms in total. The standard InChI is InChI=1S/C15H12N2O3S/c16-10-1-4-14(17-7-10)21-8-9-5-15(19)20-13-6-11(18)2-3-12(9)13/h1-7,18H,8,16H2. The Bertz CT molecular complexity index is 844. The van der Waals surface area contributed by atoms with Crippen LogP contribution in [-0.4, -0.2) is 10.1 Å². The van der Waals surface area contributed by atoms with Gasteiger partial charge in [-0.25, -0.2) is 9.78 Å². The van der Waals surface area contributed by atoms with Gasteiger partial charge in [-0.15, -0.1) is 11.8 Å². The molecular formula is C15H12N2O3S. The van der Waals surface area contributed by atoms with Crippen molar-refractivity contribution in [1.82, 2.24) is 4.98 Å². The van der Waals surface area contributed by atoms with E-state index in [0.717, 1.165) is 16.0 Å². The van der Waals surface area contributed by atoms with E-state index >= 15 is 0 Å². The van der Waals surface area contributed by atoms with Gasteiger partial charge in [0.25, 0.3) is 0 Å². The highest BCUT2D eigenvalue weighted by Crippen LogP contribution is 2.27. The number of anilines is 1. The Morgan fingerprint density at radius 1 is 1.24 bits per heavy atom. The minimum Gasteiger partial charge on any atom is -0.508 e. The van der Waals surface area contributed by atoms with E-state index in [9.17, 15) is 9.90 Å². The van der Waals surface area contributed by atoms with Gasteiger partial charge < -0.3 is 15.3 Å². The van der Waals surface area contributed by atoms with Crippen molar-refractivity contribution in [3.63, 3.8) is 0 Å². The molecule has 0 unspecified atom stereocenters. The summed E-state index contributed by atoms with van der Waals surface area (Å²) in [6.07, 6.45) is 1.60. The van der Waals surface area contributed by atoms with E-state index in [-0.39, 0.29) is 5.75 Å². The van der Waals surface area contributed by atoms with Gasteiger partial charge in [-0.05, 0) is 29.8 Å². The molecule has 6 heteroatoms. The number of nitrogen functional groups attached to an aromatic ring is 1. The van der Waals surface area contributed by atoms with E-state index in [1.54, 1.807) is 24.4 Å². The van der Waals surface area contributed by atoms with E-state index < -0.39 is 5.63 Å². The maximum absolute atomic E-state index is 11.6. The molecule has 0 radical (unpaired) electrons. The smallest absolute Gasteiger partial charge is 0.336 e. The van der Waals surface area contributed by atoms with Crippen LogP contribution in [0.2, 0.25) is 0 Å². The van der Waals surface area contributed by atoms with Crippen LogP contribution in [0.25, 0.3) is 11.0 Å². The number of phenols is 1. The van der Waals surface area contributed by atoms with Crippen molar-refractivity contribution in [1.29, 1.82) is 0 Å². The highest BCUT2D eigenvalue weighted by molar-refractivity contribution is 7.98. The minimum atomic E-state index is -0.436. The lowest BCUT2D eigenvalue weighted by Crippen LogP contribution is -1.99. The number of aromatic nitrogens is 1. The lowest BCUT2D eigenvalue weighted by Gasteiger charge is -2.05. The van der Waals surface area contributed by atoms with Gasteiger partial charge in [0.05, 0.1) is 16.9 Å². The molecule has 0 spiro atoms. The van der Waals surface area contributed by atoms with Crippen LogP contribution in [0.5, 0.6) is 5.75 Å². The number of rotatable bonds is 3. The number of nitrogens with zero attached hydrogens (tertiary/aromatic N) is 1. The largest absolute Gasteiger partial charge is 0.508 e. The van der Waals surface area contributed by atoms with Gasteiger partial charge in [0.15, 0.2) is 0 Å². The monoisotopic (exact) mass is 300 g/mol. The average molecular weight is 300 g/mol. The van der Waals surface area contributed by atoms with Gasteiger partial charge in [-0.1, -0.05) is 0 Å². The zero-order valence-electron chi connectivity index (χ0n) is 10.9. The molecule has 1 aromatic carbocycles. The van der Waals surface area contributed by atoms with E-state index in [1.807, 2.05) is 6.07 Å². The third-order valence-corrected chi connectivity index (χ3v) is 3.94. The van der Waals surface area contributed by atoms with Crippen LogP contribution in [0.15, 0.2) is 56.8 Å². The first kappa shape index (κ1) is 13.5. The molecule has 2 heterocycles. The van der Waals surface area contributed by atoms with Gasteiger partial charge in [0, 0.05) is 23.3 Å². The molecule has 0 saturated carbocycles. The highest BCUT2D eigenvalue weighted by Gasteiger charge is 2.07. The number of fused-ring (bicyclic) bond motifs is 1. The first-order valence-corrected chi connectivity index (χ1v) is 7.20. The Hall–Kier alpha value is -2.47. The molecule has 21 heavy (non-hydrogen) atoms. The summed E-state index contributed by atoms with van der Waals surface area (Å²) in [5.74, 6) is 0.639. The Balaban J connectivity index is 1.93. The Kier molecular flexibility index (Phi) is 3.53. The first-order valence-electron chi connectivity index (χ1n) is 6.22. The number of aromatic hydroxyl groups is 1. The number of benzene rings is 1. The number of hydrogen-bond acceptors (Lipinski definition) is 6. The molecular weight excluding hydrogens is 288 g/mol. The molecule has 3 aromatic rings. The summed E-state index contributed by atoms with van der Waals surface area (Å²) in [6, 6.07) is 9.82. The van der Waals surface area contributed by atoms with Gasteiger partial charge in [0.1, 0.15) is 11.3 Å². The van der Waals surface area contributed by atoms with Crippen LogP contribution in [-0.2, 0) is 5.75 Å². The predicted octanol–water partition coefficient (Wildman–Crippen LogP) is 2.77. The molecule has 0 aliphatic rings. The van der Waals surface area contributed by atoms with Crippen LogP contribution >= 0.6 is 11.8 Å². The number of pyridine rings is 1. The molecule has 106 valence electrons. The quantitative estimate of drug-likeness (QED) is 0.571. The summed E-state index contributed by atoms with van der Waals surface area (Å²) in [5.41, 5.74) is 6.98. The second-order valence-corrected chi connectivity index (χ2v) is 5.49. The molecule has 0 aliphatic carbocycles. The lowest BCUT2D eigenvalue weighted by molar-refractivity contribution is 0.473. The molecule has 0 fully saturated rings. The zero-order valence-corrected chi connectivity index (χ0v) is 11.8. The maximum atomic E-state index is 11.6. The molecule has 0 aliphatic heterocycles. The Labute approximate surface area is 124 Å². The average Bonchev–Trinajstić information content (AvgIpc) is 2.45. The second-order valence-electron chi connectivity index (χ2n) is 4.49. The predicted molar refractivity (Wildman–Crippen MR) is 82.4 cm³/mol. The number of nitrogens with two attached hydrogens (primary N) is 1. The minimum absolute atomic E-state index is 0.0654. The summed E-state index contributed by atoms with van der Waals surface area (Å²) in [7, 11) is 0. The Morgan fingerprint density at radius 2 is 2.10 bits per heavy atom. The maximum Gasteiger partial charge on any atom is 0.336 e. The summed E-state index contributed by atoms with van der Waals surface area (Å²) in [6.45, 7) is 0. The Morgan fingerprint density at radius 3 is 2.86 bits per heavy atom. The van der Waals surface area contributed by atoms with Crippen LogP contribution in [0.4, 0.5) is 5.69 Å².